The molecule has 3 aromatic rings. The van der Waals surface area contributed by atoms with Gasteiger partial charge in [0.2, 0.25) is 5.91 Å². The largest absolute Gasteiger partial charge is 0.324 e. The molecule has 0 atom stereocenters. The standard InChI is InChI=1S/C20H22N4O2/c1-2-3-4-7-15-10-12-16(13-11-15)21-19(25)14-24-20(26)17-8-5-6-9-18(17)22-23-24/h5-6,8-13H,2-4,7,14H2,1H3,(H,21,25). The number of benzene rings is 2. The van der Waals surface area contributed by atoms with Gasteiger partial charge in [-0.3, -0.25) is 9.59 Å². The van der Waals surface area contributed by atoms with Crippen LogP contribution in [-0.4, -0.2) is 20.9 Å². The summed E-state index contributed by atoms with van der Waals surface area (Å²) in [7, 11) is 0. The Labute approximate surface area is 151 Å². The van der Waals surface area contributed by atoms with Crippen LogP contribution in [0, 0.1) is 0 Å². The minimum Gasteiger partial charge on any atom is -0.324 e. The maximum Gasteiger partial charge on any atom is 0.278 e. The van der Waals surface area contributed by atoms with Crippen LogP contribution in [0.3, 0.4) is 0 Å². The molecule has 0 unspecified atom stereocenters. The SMILES string of the molecule is CCCCCc1ccc(NC(=O)Cn2nnc3ccccc3c2=O)cc1. The molecule has 2 aromatic carbocycles. The van der Waals surface area contributed by atoms with Crippen molar-refractivity contribution in [2.75, 3.05) is 5.32 Å². The summed E-state index contributed by atoms with van der Waals surface area (Å²) in [5.41, 5.74) is 2.16. The fraction of sp³-hybridized carbons (Fsp3) is 0.300. The monoisotopic (exact) mass is 350 g/mol. The summed E-state index contributed by atoms with van der Waals surface area (Å²) in [4.78, 5) is 24.6. The number of unbranched alkanes of at least 4 members (excludes halogenated alkanes) is 2. The molecular formula is C20H22N4O2. The van der Waals surface area contributed by atoms with Gasteiger partial charge >= 0.3 is 0 Å². The molecule has 1 heterocycles. The number of hydrogen-bond donors (Lipinski definition) is 1. The van der Waals surface area contributed by atoms with E-state index < -0.39 is 0 Å². The Morgan fingerprint density at radius 2 is 1.85 bits per heavy atom. The molecule has 134 valence electrons. The zero-order chi connectivity index (χ0) is 18.4. The molecule has 0 bridgehead atoms. The molecule has 0 radical (unpaired) electrons. The number of amides is 1. The molecule has 0 saturated heterocycles. The minimum absolute atomic E-state index is 0.172. The average Bonchev–Trinajstić information content (AvgIpc) is 2.66. The van der Waals surface area contributed by atoms with Crippen molar-refractivity contribution in [3.05, 3.63) is 64.4 Å². The van der Waals surface area contributed by atoms with Crippen molar-refractivity contribution < 1.29 is 4.79 Å². The van der Waals surface area contributed by atoms with Gasteiger partial charge in [0.25, 0.3) is 5.56 Å². The fourth-order valence-electron chi connectivity index (χ4n) is 2.80. The van der Waals surface area contributed by atoms with Crippen LogP contribution in [0.1, 0.15) is 31.7 Å². The van der Waals surface area contributed by atoms with E-state index in [2.05, 4.69) is 22.6 Å². The molecule has 1 amide bonds. The van der Waals surface area contributed by atoms with Crippen LogP contribution in [0.25, 0.3) is 10.9 Å². The summed E-state index contributed by atoms with van der Waals surface area (Å²) in [6.45, 7) is 2.01. The number of aromatic nitrogens is 3. The third-order valence-corrected chi connectivity index (χ3v) is 4.23. The normalized spacial score (nSPS) is 10.8. The van der Waals surface area contributed by atoms with Crippen molar-refractivity contribution in [2.24, 2.45) is 0 Å². The predicted molar refractivity (Wildman–Crippen MR) is 102 cm³/mol. The van der Waals surface area contributed by atoms with Crippen LogP contribution in [-0.2, 0) is 17.8 Å². The molecule has 1 aromatic heterocycles. The molecular weight excluding hydrogens is 328 g/mol. The number of anilines is 1. The molecule has 0 aliphatic heterocycles. The number of aryl methyl sites for hydroxylation is 1. The maximum atomic E-state index is 12.4. The van der Waals surface area contributed by atoms with Crippen LogP contribution in [0.5, 0.6) is 0 Å². The van der Waals surface area contributed by atoms with Crippen LogP contribution in [0.15, 0.2) is 53.3 Å². The Balaban J connectivity index is 1.64. The molecule has 3 rings (SSSR count). The predicted octanol–water partition coefficient (Wildman–Crippen LogP) is 3.16. The van der Waals surface area contributed by atoms with E-state index in [0.29, 0.717) is 16.6 Å². The number of hydrogen-bond acceptors (Lipinski definition) is 4. The van der Waals surface area contributed by atoms with Crippen molar-refractivity contribution in [2.45, 2.75) is 39.2 Å². The average molecular weight is 350 g/mol. The van der Waals surface area contributed by atoms with E-state index in [-0.39, 0.29) is 18.0 Å². The molecule has 26 heavy (non-hydrogen) atoms. The van der Waals surface area contributed by atoms with Gasteiger partial charge in [-0.25, -0.2) is 4.68 Å². The van der Waals surface area contributed by atoms with Crippen LogP contribution in [0.4, 0.5) is 5.69 Å². The zero-order valence-corrected chi connectivity index (χ0v) is 14.8. The Bertz CT molecular complexity index is 948. The Morgan fingerprint density at radius 3 is 2.62 bits per heavy atom. The minimum atomic E-state index is -0.322. The van der Waals surface area contributed by atoms with Gasteiger partial charge in [-0.1, -0.05) is 49.2 Å². The van der Waals surface area contributed by atoms with Gasteiger partial charge in [-0.05, 0) is 42.7 Å². The molecule has 6 heteroatoms. The second-order valence-electron chi connectivity index (χ2n) is 6.27. The second-order valence-corrected chi connectivity index (χ2v) is 6.27. The summed E-state index contributed by atoms with van der Waals surface area (Å²) in [6, 6.07) is 14.8. The highest BCUT2D eigenvalue weighted by atomic mass is 16.2. The Kier molecular flexibility index (Phi) is 5.73. The summed E-state index contributed by atoms with van der Waals surface area (Å²) in [5, 5.41) is 11.1. The first-order valence-corrected chi connectivity index (χ1v) is 8.88. The third-order valence-electron chi connectivity index (χ3n) is 4.23. The van der Waals surface area contributed by atoms with E-state index in [1.54, 1.807) is 24.3 Å². The van der Waals surface area contributed by atoms with Crippen molar-refractivity contribution in [3.8, 4) is 0 Å². The van der Waals surface area contributed by atoms with Gasteiger partial charge < -0.3 is 5.32 Å². The van der Waals surface area contributed by atoms with Gasteiger partial charge in [0.05, 0.1) is 5.39 Å². The van der Waals surface area contributed by atoms with Crippen molar-refractivity contribution in [3.63, 3.8) is 0 Å². The lowest BCUT2D eigenvalue weighted by Crippen LogP contribution is -2.30. The highest BCUT2D eigenvalue weighted by Crippen LogP contribution is 2.12. The van der Waals surface area contributed by atoms with Crippen molar-refractivity contribution in [1.29, 1.82) is 0 Å². The summed E-state index contributed by atoms with van der Waals surface area (Å²) >= 11 is 0. The highest BCUT2D eigenvalue weighted by molar-refractivity contribution is 5.90. The number of carbonyl (C=O) groups excluding carboxylic acids is 1. The van der Waals surface area contributed by atoms with Gasteiger partial charge in [0.1, 0.15) is 12.1 Å². The second kappa shape index (κ2) is 8.38. The van der Waals surface area contributed by atoms with Crippen molar-refractivity contribution >= 4 is 22.5 Å². The summed E-state index contributed by atoms with van der Waals surface area (Å²) in [6.07, 6.45) is 4.64. The van der Waals surface area contributed by atoms with Gasteiger partial charge in [0.15, 0.2) is 0 Å². The van der Waals surface area contributed by atoms with E-state index in [1.165, 1.54) is 24.8 Å². The lowest BCUT2D eigenvalue weighted by Gasteiger charge is -2.08. The lowest BCUT2D eigenvalue weighted by molar-refractivity contribution is -0.117. The molecule has 0 saturated carbocycles. The molecule has 1 N–H and O–H groups in total. The van der Waals surface area contributed by atoms with Gasteiger partial charge in [-0.15, -0.1) is 5.10 Å². The topological polar surface area (TPSA) is 76.9 Å². The molecule has 0 aliphatic rings. The first kappa shape index (κ1) is 17.8. The van der Waals surface area contributed by atoms with E-state index >= 15 is 0 Å². The Hall–Kier alpha value is -3.02. The highest BCUT2D eigenvalue weighted by Gasteiger charge is 2.09. The van der Waals surface area contributed by atoms with Crippen molar-refractivity contribution in [1.82, 2.24) is 15.0 Å². The number of nitrogens with zero attached hydrogens (tertiary/aromatic N) is 3. The first-order valence-electron chi connectivity index (χ1n) is 8.88. The molecule has 0 fully saturated rings. The summed E-state index contributed by atoms with van der Waals surface area (Å²) < 4.78 is 1.08. The Morgan fingerprint density at radius 1 is 1.08 bits per heavy atom. The maximum absolute atomic E-state index is 12.4. The number of rotatable bonds is 7. The fourth-order valence-corrected chi connectivity index (χ4v) is 2.80. The van der Waals surface area contributed by atoms with Crippen LogP contribution in [0.2, 0.25) is 0 Å². The quantitative estimate of drug-likeness (QED) is 0.664. The van der Waals surface area contributed by atoms with Crippen LogP contribution < -0.4 is 10.9 Å². The first-order chi connectivity index (χ1) is 12.7. The van der Waals surface area contributed by atoms with E-state index in [1.807, 2.05) is 24.3 Å². The smallest absolute Gasteiger partial charge is 0.278 e. The summed E-state index contributed by atoms with van der Waals surface area (Å²) in [5.74, 6) is -0.310. The molecule has 6 nitrogen and oxygen atoms in total. The number of nitrogens with one attached hydrogen (secondary N) is 1. The van der Waals surface area contributed by atoms with E-state index in [4.69, 9.17) is 0 Å². The van der Waals surface area contributed by atoms with Gasteiger partial charge in [-0.2, -0.15) is 0 Å². The zero-order valence-electron chi connectivity index (χ0n) is 14.8. The number of carbonyl (C=O) groups is 1. The lowest BCUT2D eigenvalue weighted by atomic mass is 10.1. The third kappa shape index (κ3) is 4.33. The van der Waals surface area contributed by atoms with E-state index in [0.717, 1.165) is 11.1 Å². The number of fused-ring (bicyclic) bond motifs is 1. The molecule has 0 aliphatic carbocycles. The molecule has 0 spiro atoms. The van der Waals surface area contributed by atoms with Crippen LogP contribution >= 0.6 is 0 Å². The van der Waals surface area contributed by atoms with E-state index in [9.17, 15) is 9.59 Å². The van der Waals surface area contributed by atoms with Gasteiger partial charge in [0, 0.05) is 5.69 Å².